The Kier molecular flexibility index (Phi) is 2.44. The van der Waals surface area contributed by atoms with Crippen LogP contribution in [0.1, 0.15) is 16.5 Å². The minimum atomic E-state index is -1.05. The first-order chi connectivity index (χ1) is 8.74. The van der Waals surface area contributed by atoms with E-state index in [1.807, 2.05) is 12.1 Å². The number of carboxylic acids is 1. The van der Waals surface area contributed by atoms with Crippen molar-refractivity contribution in [2.45, 2.75) is 6.04 Å². The van der Waals surface area contributed by atoms with Gasteiger partial charge in [0.1, 0.15) is 0 Å². The van der Waals surface area contributed by atoms with Gasteiger partial charge in [0.25, 0.3) is 0 Å². The van der Waals surface area contributed by atoms with Crippen LogP contribution in [0.25, 0.3) is 0 Å². The van der Waals surface area contributed by atoms with Crippen LogP contribution in [0.4, 0.5) is 5.69 Å². The molecule has 0 atom stereocenters. The molecule has 0 bridgehead atoms. The summed E-state index contributed by atoms with van der Waals surface area (Å²) in [7, 11) is 0. The number of pyridine rings is 1. The van der Waals surface area contributed by atoms with Crippen molar-refractivity contribution in [3.05, 3.63) is 36.4 Å². The zero-order valence-electron chi connectivity index (χ0n) is 9.47. The summed E-state index contributed by atoms with van der Waals surface area (Å²) in [5, 5.41) is 16.2. The second-order valence-corrected chi connectivity index (χ2v) is 4.15. The summed E-state index contributed by atoms with van der Waals surface area (Å²) in [6.07, 6.45) is 4.97. The lowest BCUT2D eigenvalue weighted by molar-refractivity contribution is 0.0690. The van der Waals surface area contributed by atoms with Gasteiger partial charge in [-0.25, -0.2) is 9.48 Å². The number of anilines is 1. The quantitative estimate of drug-likeness (QED) is 0.844. The molecule has 0 aliphatic carbocycles. The van der Waals surface area contributed by atoms with Gasteiger partial charge in [-0.1, -0.05) is 5.21 Å². The molecular formula is C11H11N5O2. The molecule has 1 aliphatic rings. The molecule has 2 aromatic rings. The van der Waals surface area contributed by atoms with E-state index >= 15 is 0 Å². The van der Waals surface area contributed by atoms with Gasteiger partial charge < -0.3 is 10.0 Å². The number of hydrogen-bond acceptors (Lipinski definition) is 5. The van der Waals surface area contributed by atoms with Gasteiger partial charge in [0.2, 0.25) is 0 Å². The van der Waals surface area contributed by atoms with Crippen LogP contribution in [0.5, 0.6) is 0 Å². The van der Waals surface area contributed by atoms with Gasteiger partial charge in [0.15, 0.2) is 5.69 Å². The van der Waals surface area contributed by atoms with Crippen molar-refractivity contribution < 1.29 is 9.90 Å². The second kappa shape index (κ2) is 4.10. The lowest BCUT2D eigenvalue weighted by Gasteiger charge is -2.40. The summed E-state index contributed by atoms with van der Waals surface area (Å²) in [4.78, 5) is 16.8. The number of hydrogen-bond donors (Lipinski definition) is 1. The summed E-state index contributed by atoms with van der Waals surface area (Å²) in [5.41, 5.74) is 1.09. The van der Waals surface area contributed by atoms with Crippen molar-refractivity contribution in [3.8, 4) is 0 Å². The van der Waals surface area contributed by atoms with Crippen LogP contribution in [0, 0.1) is 0 Å². The average Bonchev–Trinajstić information content (AvgIpc) is 2.78. The van der Waals surface area contributed by atoms with Crippen molar-refractivity contribution in [3.63, 3.8) is 0 Å². The number of rotatable bonds is 3. The van der Waals surface area contributed by atoms with E-state index in [1.54, 1.807) is 17.1 Å². The smallest absolute Gasteiger partial charge is 0.358 e. The Morgan fingerprint density at radius 1 is 1.33 bits per heavy atom. The highest BCUT2D eigenvalue weighted by Crippen LogP contribution is 2.26. The van der Waals surface area contributed by atoms with Crippen LogP contribution < -0.4 is 4.90 Å². The Morgan fingerprint density at radius 2 is 2.06 bits per heavy atom. The van der Waals surface area contributed by atoms with Crippen molar-refractivity contribution >= 4 is 11.7 Å². The van der Waals surface area contributed by atoms with E-state index < -0.39 is 5.97 Å². The second-order valence-electron chi connectivity index (χ2n) is 4.15. The zero-order chi connectivity index (χ0) is 12.5. The lowest BCUT2D eigenvalue weighted by atomic mass is 10.1. The molecule has 0 saturated carbocycles. The van der Waals surface area contributed by atoms with Crippen molar-refractivity contribution in [1.82, 2.24) is 20.0 Å². The summed E-state index contributed by atoms with van der Waals surface area (Å²) < 4.78 is 1.61. The molecule has 7 heteroatoms. The highest BCUT2D eigenvalue weighted by Gasteiger charge is 2.29. The maximum absolute atomic E-state index is 10.7. The van der Waals surface area contributed by atoms with Crippen LogP contribution in [-0.2, 0) is 0 Å². The number of aromatic nitrogens is 4. The molecule has 1 aliphatic heterocycles. The molecule has 0 radical (unpaired) electrons. The van der Waals surface area contributed by atoms with E-state index in [9.17, 15) is 4.79 Å². The molecule has 18 heavy (non-hydrogen) atoms. The van der Waals surface area contributed by atoms with Gasteiger partial charge in [-0.2, -0.15) is 0 Å². The Labute approximate surface area is 103 Å². The van der Waals surface area contributed by atoms with Crippen LogP contribution >= 0.6 is 0 Å². The first-order valence-corrected chi connectivity index (χ1v) is 5.54. The van der Waals surface area contributed by atoms with E-state index in [0.29, 0.717) is 0 Å². The van der Waals surface area contributed by atoms with E-state index in [1.165, 1.54) is 6.20 Å². The van der Waals surface area contributed by atoms with Gasteiger partial charge in [-0.15, -0.1) is 5.10 Å². The molecular weight excluding hydrogens is 234 g/mol. The molecule has 0 unspecified atom stereocenters. The van der Waals surface area contributed by atoms with Crippen molar-refractivity contribution in [2.24, 2.45) is 0 Å². The molecule has 3 heterocycles. The standard InChI is InChI=1S/C11H11N5O2/c17-11(18)10-7-16(14-13-10)9-5-15(6-9)8-1-3-12-4-2-8/h1-4,7,9H,5-6H2,(H,17,18). The molecule has 7 nitrogen and oxygen atoms in total. The van der Waals surface area contributed by atoms with E-state index in [0.717, 1.165) is 18.8 Å². The fraction of sp³-hybridized carbons (Fsp3) is 0.273. The fourth-order valence-corrected chi connectivity index (χ4v) is 1.94. The Balaban J connectivity index is 1.66. The van der Waals surface area contributed by atoms with Crippen molar-refractivity contribution in [1.29, 1.82) is 0 Å². The van der Waals surface area contributed by atoms with Gasteiger partial charge in [-0.3, -0.25) is 4.98 Å². The molecule has 92 valence electrons. The molecule has 1 N–H and O–H groups in total. The Hall–Kier alpha value is -2.44. The third-order valence-corrected chi connectivity index (χ3v) is 2.99. The number of carboxylic acid groups (broad SMARTS) is 1. The number of carbonyl (C=O) groups is 1. The van der Waals surface area contributed by atoms with Crippen LogP contribution in [0.2, 0.25) is 0 Å². The Bertz CT molecular complexity index is 562. The average molecular weight is 245 g/mol. The number of aromatic carboxylic acids is 1. The topological polar surface area (TPSA) is 84.1 Å². The summed E-state index contributed by atoms with van der Waals surface area (Å²) in [6, 6.07) is 4.07. The first kappa shape index (κ1) is 10.7. The number of nitrogens with zero attached hydrogens (tertiary/aromatic N) is 5. The van der Waals surface area contributed by atoms with E-state index in [2.05, 4.69) is 20.2 Å². The van der Waals surface area contributed by atoms with Crippen LogP contribution in [0.15, 0.2) is 30.7 Å². The summed E-state index contributed by atoms with van der Waals surface area (Å²) in [5.74, 6) is -1.05. The summed E-state index contributed by atoms with van der Waals surface area (Å²) in [6.45, 7) is 1.60. The largest absolute Gasteiger partial charge is 0.476 e. The van der Waals surface area contributed by atoms with Crippen LogP contribution in [-0.4, -0.2) is 44.1 Å². The van der Waals surface area contributed by atoms with Gasteiger partial charge in [0, 0.05) is 31.2 Å². The summed E-state index contributed by atoms with van der Waals surface area (Å²) >= 11 is 0. The molecule has 1 fully saturated rings. The molecule has 0 amide bonds. The third kappa shape index (κ3) is 1.79. The van der Waals surface area contributed by atoms with E-state index in [4.69, 9.17) is 5.11 Å². The highest BCUT2D eigenvalue weighted by atomic mass is 16.4. The monoisotopic (exact) mass is 245 g/mol. The predicted molar refractivity (Wildman–Crippen MR) is 62.5 cm³/mol. The molecule has 0 spiro atoms. The molecule has 3 rings (SSSR count). The van der Waals surface area contributed by atoms with Gasteiger partial charge in [-0.05, 0) is 12.1 Å². The predicted octanol–water partition coefficient (Wildman–Crippen LogP) is 0.433. The van der Waals surface area contributed by atoms with Crippen molar-refractivity contribution in [2.75, 3.05) is 18.0 Å². The highest BCUT2D eigenvalue weighted by molar-refractivity contribution is 5.84. The molecule has 0 aromatic carbocycles. The first-order valence-electron chi connectivity index (χ1n) is 5.54. The SMILES string of the molecule is O=C(O)c1cn(C2CN(c3ccncc3)C2)nn1. The van der Waals surface area contributed by atoms with Gasteiger partial charge >= 0.3 is 5.97 Å². The lowest BCUT2D eigenvalue weighted by Crippen LogP contribution is -2.48. The normalized spacial score (nSPS) is 15.4. The zero-order valence-corrected chi connectivity index (χ0v) is 9.47. The van der Waals surface area contributed by atoms with Crippen LogP contribution in [0.3, 0.4) is 0 Å². The minimum Gasteiger partial charge on any atom is -0.476 e. The fourth-order valence-electron chi connectivity index (χ4n) is 1.94. The maximum atomic E-state index is 10.7. The molecule has 1 saturated heterocycles. The van der Waals surface area contributed by atoms with Gasteiger partial charge in [0.05, 0.1) is 12.2 Å². The third-order valence-electron chi connectivity index (χ3n) is 2.99. The Morgan fingerprint density at radius 3 is 2.67 bits per heavy atom. The molecule has 2 aromatic heterocycles. The minimum absolute atomic E-state index is 0.0163. The maximum Gasteiger partial charge on any atom is 0.358 e. The van der Waals surface area contributed by atoms with E-state index in [-0.39, 0.29) is 11.7 Å².